The fraction of sp³-hybridized carbons (Fsp3) is 0. The van der Waals surface area contributed by atoms with E-state index in [0.717, 1.165) is 0 Å². The summed E-state index contributed by atoms with van der Waals surface area (Å²) in [6.07, 6.45) is 0. The number of rotatable bonds is 0. The second kappa shape index (κ2) is 7.39. The van der Waals surface area contributed by atoms with Crippen LogP contribution in [0.25, 0.3) is 0 Å². The molecule has 1 rings (SSSR count). The Morgan fingerprint density at radius 2 is 1.89 bits per heavy atom. The molecule has 0 saturated heterocycles. The van der Waals surface area contributed by atoms with Crippen LogP contribution in [0.1, 0.15) is 0 Å². The summed E-state index contributed by atoms with van der Waals surface area (Å²) in [5.74, 6) is 0. The Labute approximate surface area is 76.2 Å². The summed E-state index contributed by atoms with van der Waals surface area (Å²) in [6, 6.07) is 3.86. The largest absolute Gasteiger partial charge is 0.143 e. The smallest absolute Gasteiger partial charge is 0.0442 e. The zero-order valence-corrected chi connectivity index (χ0v) is 8.92. The minimum absolute atomic E-state index is 1.59. The molecule has 1 heterocycles. The zero-order chi connectivity index (χ0) is 7.11. The maximum atomic E-state index is 4.97. The molecule has 1 aromatic heterocycles. The fourth-order valence-electron chi connectivity index (χ4n) is 0.196. The summed E-state index contributed by atoms with van der Waals surface area (Å²) in [7, 11) is 14.9. The molecule has 0 aliphatic rings. The topological polar surface area (TPSA) is 0 Å². The summed E-state index contributed by atoms with van der Waals surface area (Å²) in [5.41, 5.74) is 0. The molecule has 0 saturated carbocycles. The van der Waals surface area contributed by atoms with Gasteiger partial charge in [0.2, 0.25) is 0 Å². The minimum Gasteiger partial charge on any atom is -0.143 e. The van der Waals surface area contributed by atoms with Crippen molar-refractivity contribution < 1.29 is 14.7 Å². The number of thiophene rings is 1. The van der Waals surface area contributed by atoms with Gasteiger partial charge < -0.3 is 0 Å². The molecule has 0 aliphatic heterocycles. The summed E-state index contributed by atoms with van der Waals surface area (Å²) in [6.45, 7) is 0. The van der Waals surface area contributed by atoms with Gasteiger partial charge in [0.25, 0.3) is 0 Å². The van der Waals surface area contributed by atoms with E-state index in [4.69, 9.17) is 27.9 Å². The van der Waals surface area contributed by atoms with Gasteiger partial charge in [0.15, 0.2) is 0 Å². The van der Waals surface area contributed by atoms with Crippen LogP contribution in [-0.4, -0.2) is 0 Å². The SMILES string of the molecule is [Cl][Ti]([Cl])[Cl].[c]1cccs1. The first-order valence-corrected chi connectivity index (χ1v) is 9.29. The Morgan fingerprint density at radius 3 is 2.00 bits per heavy atom. The molecule has 1 radical (unpaired) electrons. The quantitative estimate of drug-likeness (QED) is 0.605. The Morgan fingerprint density at radius 1 is 1.33 bits per heavy atom. The third kappa shape index (κ3) is 12.5. The first kappa shape index (κ1) is 10.3. The molecule has 0 fully saturated rings. The summed E-state index contributed by atoms with van der Waals surface area (Å²) >= 11 is -0.329. The molecule has 50 valence electrons. The molecule has 5 heteroatoms. The van der Waals surface area contributed by atoms with Crippen molar-refractivity contribution in [1.29, 1.82) is 0 Å². The van der Waals surface area contributed by atoms with E-state index in [1.165, 1.54) is 0 Å². The van der Waals surface area contributed by atoms with E-state index in [-0.39, 0.29) is 0 Å². The van der Waals surface area contributed by atoms with E-state index in [0.29, 0.717) is 0 Å². The number of hydrogen-bond donors (Lipinski definition) is 0. The van der Waals surface area contributed by atoms with Gasteiger partial charge in [0.1, 0.15) is 0 Å². The first-order valence-electron chi connectivity index (χ1n) is 1.96. The van der Waals surface area contributed by atoms with Gasteiger partial charge in [-0.05, 0) is 11.4 Å². The maximum Gasteiger partial charge on any atom is 0.0442 e. The standard InChI is InChI=1S/C4H3S.3ClH.Ti/c1-2-4-5-3-1;;;;/h1-3H;3*1H;/q;;;;+3/p-3. The van der Waals surface area contributed by atoms with Gasteiger partial charge in [-0.25, -0.2) is 0 Å². The molecule has 0 spiro atoms. The normalized spacial score (nSPS) is 7.44. The van der Waals surface area contributed by atoms with Crippen LogP contribution >= 0.6 is 39.3 Å². The van der Waals surface area contributed by atoms with E-state index < -0.39 is 14.7 Å². The molecule has 0 atom stereocenters. The molecule has 0 aromatic carbocycles. The van der Waals surface area contributed by atoms with E-state index >= 15 is 0 Å². The molecule has 0 aliphatic carbocycles. The van der Waals surface area contributed by atoms with Crippen LogP contribution in [0.2, 0.25) is 0 Å². The molecule has 0 unspecified atom stereocenters. The molecular formula is C4H3Cl3STi. The second-order valence-electron chi connectivity index (χ2n) is 0.945. The van der Waals surface area contributed by atoms with E-state index in [1.807, 2.05) is 17.5 Å². The van der Waals surface area contributed by atoms with Crippen molar-refractivity contribution in [3.8, 4) is 0 Å². The van der Waals surface area contributed by atoms with E-state index in [1.54, 1.807) is 11.3 Å². The first-order chi connectivity index (χ1) is 4.23. The minimum atomic E-state index is -1.92. The van der Waals surface area contributed by atoms with Crippen LogP contribution in [-0.2, 0) is 14.7 Å². The van der Waals surface area contributed by atoms with Crippen LogP contribution in [0, 0.1) is 5.38 Å². The third-order valence-electron chi connectivity index (χ3n) is 0.379. The average molecular weight is 237 g/mol. The van der Waals surface area contributed by atoms with Crippen molar-refractivity contribution in [2.45, 2.75) is 0 Å². The Hall–Kier alpha value is 1.28. The summed E-state index contributed by atoms with van der Waals surface area (Å²) in [4.78, 5) is 0. The monoisotopic (exact) mass is 236 g/mol. The Balaban J connectivity index is 0.000000148. The molecule has 0 N–H and O–H groups in total. The van der Waals surface area contributed by atoms with Crippen molar-refractivity contribution in [3.05, 3.63) is 22.9 Å². The van der Waals surface area contributed by atoms with Crippen LogP contribution in [0.4, 0.5) is 0 Å². The van der Waals surface area contributed by atoms with Gasteiger partial charge in [-0.15, -0.1) is 11.3 Å². The summed E-state index contributed by atoms with van der Waals surface area (Å²) in [5, 5.41) is 4.89. The van der Waals surface area contributed by atoms with Crippen LogP contribution in [0.5, 0.6) is 0 Å². The van der Waals surface area contributed by atoms with Gasteiger partial charge in [0.05, 0.1) is 0 Å². The van der Waals surface area contributed by atoms with E-state index in [2.05, 4.69) is 5.38 Å². The van der Waals surface area contributed by atoms with Crippen molar-refractivity contribution in [2.75, 3.05) is 0 Å². The summed E-state index contributed by atoms with van der Waals surface area (Å²) < 4.78 is 0. The van der Waals surface area contributed by atoms with Crippen molar-refractivity contribution >= 4 is 39.3 Å². The Kier molecular flexibility index (Phi) is 8.45. The molecule has 0 nitrogen and oxygen atoms in total. The van der Waals surface area contributed by atoms with Gasteiger partial charge in [-0.3, -0.25) is 0 Å². The maximum absolute atomic E-state index is 4.97. The molecule has 1 aromatic rings. The second-order valence-corrected chi connectivity index (χ2v) is 9.43. The Bertz CT molecular complexity index is 99.4. The van der Waals surface area contributed by atoms with Crippen molar-refractivity contribution in [1.82, 2.24) is 0 Å². The van der Waals surface area contributed by atoms with Crippen LogP contribution in [0.3, 0.4) is 0 Å². The van der Waals surface area contributed by atoms with E-state index in [9.17, 15) is 0 Å². The van der Waals surface area contributed by atoms with Gasteiger partial charge in [0, 0.05) is 5.38 Å². The number of hydrogen-bond acceptors (Lipinski definition) is 1. The predicted molar refractivity (Wildman–Crippen MR) is 40.7 cm³/mol. The number of halogens is 3. The van der Waals surface area contributed by atoms with Crippen molar-refractivity contribution in [3.63, 3.8) is 0 Å². The van der Waals surface area contributed by atoms with Crippen LogP contribution < -0.4 is 0 Å². The predicted octanol–water partition coefficient (Wildman–Crippen LogP) is 3.61. The van der Waals surface area contributed by atoms with Gasteiger partial charge >= 0.3 is 42.6 Å². The van der Waals surface area contributed by atoms with Crippen LogP contribution in [0.15, 0.2) is 17.5 Å². The van der Waals surface area contributed by atoms with Gasteiger partial charge in [-0.1, -0.05) is 6.07 Å². The fourth-order valence-corrected chi connectivity index (χ4v) is 0.589. The average Bonchev–Trinajstić information content (AvgIpc) is 2.11. The van der Waals surface area contributed by atoms with Crippen molar-refractivity contribution in [2.24, 2.45) is 0 Å². The van der Waals surface area contributed by atoms with Gasteiger partial charge in [-0.2, -0.15) is 0 Å². The molecular weight excluding hydrogens is 234 g/mol. The zero-order valence-electron chi connectivity index (χ0n) is 4.27. The molecule has 0 amide bonds. The third-order valence-corrected chi connectivity index (χ3v) is 0.944. The molecule has 9 heavy (non-hydrogen) atoms. The molecule has 0 bridgehead atoms.